The zero-order chi connectivity index (χ0) is 15.9. The molecular formula is C15H14ClFN2O2S. The van der Waals surface area contributed by atoms with Gasteiger partial charge in [0.05, 0.1) is 9.90 Å². The Kier molecular flexibility index (Phi) is 5.91. The zero-order valence-corrected chi connectivity index (χ0v) is 13.1. The van der Waals surface area contributed by atoms with Gasteiger partial charge in [0.1, 0.15) is 5.82 Å². The molecule has 0 atom stereocenters. The van der Waals surface area contributed by atoms with Gasteiger partial charge in [-0.3, -0.25) is 9.59 Å². The molecule has 1 heterocycles. The minimum atomic E-state index is -0.532. The van der Waals surface area contributed by atoms with Gasteiger partial charge in [0, 0.05) is 18.7 Å². The van der Waals surface area contributed by atoms with Gasteiger partial charge >= 0.3 is 0 Å². The van der Waals surface area contributed by atoms with Crippen molar-refractivity contribution in [3.63, 3.8) is 0 Å². The molecule has 4 nitrogen and oxygen atoms in total. The van der Waals surface area contributed by atoms with Crippen LogP contribution >= 0.6 is 22.9 Å². The summed E-state index contributed by atoms with van der Waals surface area (Å²) in [5.74, 6) is -0.885. The summed E-state index contributed by atoms with van der Waals surface area (Å²) in [5, 5.41) is 7.16. The van der Waals surface area contributed by atoms with Crippen molar-refractivity contribution in [1.82, 2.24) is 5.32 Å². The van der Waals surface area contributed by atoms with Crippen LogP contribution in [-0.2, 0) is 4.79 Å². The van der Waals surface area contributed by atoms with E-state index in [0.717, 1.165) is 0 Å². The number of amides is 2. The van der Waals surface area contributed by atoms with E-state index in [2.05, 4.69) is 10.6 Å². The van der Waals surface area contributed by atoms with E-state index in [1.165, 1.54) is 29.5 Å². The minimum Gasteiger partial charge on any atom is -0.351 e. The molecule has 0 radical (unpaired) electrons. The number of nitrogens with one attached hydrogen (secondary N) is 2. The van der Waals surface area contributed by atoms with Crippen LogP contribution in [0.3, 0.4) is 0 Å². The van der Waals surface area contributed by atoms with Crippen molar-refractivity contribution in [2.24, 2.45) is 0 Å². The van der Waals surface area contributed by atoms with Crippen molar-refractivity contribution in [3.05, 3.63) is 51.4 Å². The number of anilines is 1. The third-order valence-corrected chi connectivity index (χ3v) is 3.97. The fourth-order valence-electron chi connectivity index (χ4n) is 1.74. The van der Waals surface area contributed by atoms with E-state index in [1.807, 2.05) is 5.38 Å². The SMILES string of the molecule is O=C(CCCNC(=O)c1cccs1)Nc1ccc(F)c(Cl)c1. The normalized spacial score (nSPS) is 10.3. The highest BCUT2D eigenvalue weighted by Crippen LogP contribution is 2.19. The Hall–Kier alpha value is -1.92. The first-order chi connectivity index (χ1) is 10.6. The molecule has 2 N–H and O–H groups in total. The van der Waals surface area contributed by atoms with E-state index in [-0.39, 0.29) is 23.3 Å². The Bertz CT molecular complexity index is 662. The van der Waals surface area contributed by atoms with E-state index < -0.39 is 5.82 Å². The molecule has 0 saturated heterocycles. The van der Waals surface area contributed by atoms with Crippen LogP contribution in [0.25, 0.3) is 0 Å². The molecular weight excluding hydrogens is 327 g/mol. The van der Waals surface area contributed by atoms with Crippen molar-refractivity contribution in [2.75, 3.05) is 11.9 Å². The lowest BCUT2D eigenvalue weighted by Crippen LogP contribution is -2.24. The first-order valence-corrected chi connectivity index (χ1v) is 7.88. The molecule has 22 heavy (non-hydrogen) atoms. The zero-order valence-electron chi connectivity index (χ0n) is 11.6. The Morgan fingerprint density at radius 1 is 1.27 bits per heavy atom. The van der Waals surface area contributed by atoms with Crippen LogP contribution in [0.4, 0.5) is 10.1 Å². The van der Waals surface area contributed by atoms with Crippen LogP contribution in [0.2, 0.25) is 5.02 Å². The molecule has 7 heteroatoms. The lowest BCUT2D eigenvalue weighted by atomic mass is 10.2. The highest BCUT2D eigenvalue weighted by Gasteiger charge is 2.07. The number of carbonyl (C=O) groups is 2. The van der Waals surface area contributed by atoms with E-state index in [0.29, 0.717) is 23.5 Å². The van der Waals surface area contributed by atoms with Crippen LogP contribution in [-0.4, -0.2) is 18.4 Å². The second kappa shape index (κ2) is 7.91. The van der Waals surface area contributed by atoms with Crippen LogP contribution in [0, 0.1) is 5.82 Å². The van der Waals surface area contributed by atoms with Gasteiger partial charge in [0.2, 0.25) is 5.91 Å². The summed E-state index contributed by atoms with van der Waals surface area (Å²) in [4.78, 5) is 24.0. The molecule has 2 amide bonds. The summed E-state index contributed by atoms with van der Waals surface area (Å²) < 4.78 is 13.0. The smallest absolute Gasteiger partial charge is 0.261 e. The van der Waals surface area contributed by atoms with Gasteiger partial charge in [0.25, 0.3) is 5.91 Å². The van der Waals surface area contributed by atoms with Crippen molar-refractivity contribution >= 4 is 40.4 Å². The molecule has 0 fully saturated rings. The van der Waals surface area contributed by atoms with Crippen molar-refractivity contribution in [3.8, 4) is 0 Å². The van der Waals surface area contributed by atoms with Crippen LogP contribution in [0.1, 0.15) is 22.5 Å². The van der Waals surface area contributed by atoms with Gasteiger partial charge in [-0.25, -0.2) is 4.39 Å². The lowest BCUT2D eigenvalue weighted by Gasteiger charge is -2.06. The van der Waals surface area contributed by atoms with Crippen LogP contribution in [0.5, 0.6) is 0 Å². The van der Waals surface area contributed by atoms with Gasteiger partial charge in [-0.15, -0.1) is 11.3 Å². The topological polar surface area (TPSA) is 58.2 Å². The average Bonchev–Trinajstić information content (AvgIpc) is 3.01. The molecule has 116 valence electrons. The number of hydrogen-bond donors (Lipinski definition) is 2. The molecule has 2 aromatic rings. The summed E-state index contributed by atoms with van der Waals surface area (Å²) in [6, 6.07) is 7.54. The van der Waals surface area contributed by atoms with Crippen molar-refractivity contribution < 1.29 is 14.0 Å². The minimum absolute atomic E-state index is 0.0407. The number of thiophene rings is 1. The van der Waals surface area contributed by atoms with Crippen molar-refractivity contribution in [1.29, 1.82) is 0 Å². The van der Waals surface area contributed by atoms with Crippen LogP contribution < -0.4 is 10.6 Å². The molecule has 0 saturated carbocycles. The van der Waals surface area contributed by atoms with Gasteiger partial charge in [-0.1, -0.05) is 17.7 Å². The standard InChI is InChI=1S/C15H14ClFN2O2S/c16-11-9-10(5-6-12(11)17)19-14(20)4-1-7-18-15(21)13-3-2-8-22-13/h2-3,5-6,8-9H,1,4,7H2,(H,18,21)(H,19,20). The van der Waals surface area contributed by atoms with E-state index >= 15 is 0 Å². The first-order valence-electron chi connectivity index (χ1n) is 6.63. The third kappa shape index (κ3) is 4.82. The quantitative estimate of drug-likeness (QED) is 0.788. The maximum Gasteiger partial charge on any atom is 0.261 e. The highest BCUT2D eigenvalue weighted by atomic mass is 35.5. The van der Waals surface area contributed by atoms with E-state index in [4.69, 9.17) is 11.6 Å². The summed E-state index contributed by atoms with van der Waals surface area (Å²) in [7, 11) is 0. The Morgan fingerprint density at radius 2 is 2.09 bits per heavy atom. The molecule has 0 spiro atoms. The molecule has 2 rings (SSSR count). The molecule has 0 bridgehead atoms. The second-order valence-corrected chi connectivity index (χ2v) is 5.87. The Morgan fingerprint density at radius 3 is 2.77 bits per heavy atom. The summed E-state index contributed by atoms with van der Waals surface area (Å²) >= 11 is 7.00. The number of benzene rings is 1. The fourth-order valence-corrected chi connectivity index (χ4v) is 2.56. The molecule has 0 unspecified atom stereocenters. The summed E-state index contributed by atoms with van der Waals surface area (Å²) in [5.41, 5.74) is 0.444. The maximum atomic E-state index is 13.0. The van der Waals surface area contributed by atoms with Crippen molar-refractivity contribution in [2.45, 2.75) is 12.8 Å². The number of halogens is 2. The molecule has 1 aromatic heterocycles. The third-order valence-electron chi connectivity index (χ3n) is 2.81. The number of hydrogen-bond acceptors (Lipinski definition) is 3. The first kappa shape index (κ1) is 16.5. The van der Waals surface area contributed by atoms with E-state index in [9.17, 15) is 14.0 Å². The molecule has 1 aromatic carbocycles. The van der Waals surface area contributed by atoms with Gasteiger partial charge in [0.15, 0.2) is 0 Å². The number of rotatable bonds is 6. The van der Waals surface area contributed by atoms with Gasteiger partial charge in [-0.2, -0.15) is 0 Å². The summed E-state index contributed by atoms with van der Waals surface area (Å²) in [6.45, 7) is 0.411. The fraction of sp³-hybridized carbons (Fsp3) is 0.200. The maximum absolute atomic E-state index is 13.0. The van der Waals surface area contributed by atoms with Gasteiger partial charge in [-0.05, 0) is 36.1 Å². The lowest BCUT2D eigenvalue weighted by molar-refractivity contribution is -0.116. The number of carbonyl (C=O) groups excluding carboxylic acids is 2. The highest BCUT2D eigenvalue weighted by molar-refractivity contribution is 7.12. The summed E-state index contributed by atoms with van der Waals surface area (Å²) in [6.07, 6.45) is 0.761. The molecule has 0 aliphatic rings. The second-order valence-electron chi connectivity index (χ2n) is 4.51. The Labute approximate surface area is 136 Å². The van der Waals surface area contributed by atoms with E-state index in [1.54, 1.807) is 12.1 Å². The molecule has 0 aliphatic heterocycles. The van der Waals surface area contributed by atoms with Gasteiger partial charge < -0.3 is 10.6 Å². The average molecular weight is 341 g/mol. The Balaban J connectivity index is 1.69. The predicted octanol–water partition coefficient (Wildman–Crippen LogP) is 3.69. The monoisotopic (exact) mass is 340 g/mol. The van der Waals surface area contributed by atoms with Crippen LogP contribution in [0.15, 0.2) is 35.7 Å². The predicted molar refractivity (Wildman–Crippen MR) is 85.9 cm³/mol. The largest absolute Gasteiger partial charge is 0.351 e. The molecule has 0 aliphatic carbocycles.